The maximum atomic E-state index is 3.77. The Morgan fingerprint density at radius 1 is 0.789 bits per heavy atom. The molecule has 1 rings (SSSR count). The molecule has 0 aliphatic heterocycles. The van der Waals surface area contributed by atoms with E-state index in [0.717, 1.165) is 0 Å². The van der Waals surface area contributed by atoms with Gasteiger partial charge in [0.2, 0.25) is 0 Å². The van der Waals surface area contributed by atoms with Gasteiger partial charge in [-0.3, -0.25) is 0 Å². The molecule has 0 spiro atoms. The van der Waals surface area contributed by atoms with Gasteiger partial charge in [-0.25, -0.2) is 12.1 Å². The van der Waals surface area contributed by atoms with E-state index < -0.39 is 0 Å². The zero-order valence-corrected chi connectivity index (χ0v) is 19.0. The summed E-state index contributed by atoms with van der Waals surface area (Å²) < 4.78 is 0. The number of hydrogen-bond acceptors (Lipinski definition) is 0. The Kier molecular flexibility index (Phi) is 27.8. The van der Waals surface area contributed by atoms with Gasteiger partial charge < -0.3 is 6.92 Å². The minimum atomic E-state index is 0. The van der Waals surface area contributed by atoms with Crippen LogP contribution in [0.3, 0.4) is 0 Å². The molecule has 0 saturated heterocycles. The molecule has 0 nitrogen and oxygen atoms in total. The van der Waals surface area contributed by atoms with Gasteiger partial charge in [0.15, 0.2) is 0 Å². The van der Waals surface area contributed by atoms with Gasteiger partial charge in [0, 0.05) is 40.0 Å². The van der Waals surface area contributed by atoms with Gasteiger partial charge in [0.1, 0.15) is 0 Å². The smallest absolute Gasteiger partial charge is 0.338 e. The molecule has 0 aliphatic carbocycles. The van der Waals surface area contributed by atoms with Crippen LogP contribution in [-0.4, -0.2) is 40.0 Å². The molecule has 19 heavy (non-hydrogen) atoms. The number of hydrogen-bond donors (Lipinski definition) is 0. The van der Waals surface area contributed by atoms with E-state index in [-0.39, 0.29) is 41.0 Å². The minimum absolute atomic E-state index is 0. The summed E-state index contributed by atoms with van der Waals surface area (Å²) in [5.74, 6) is 0. The zero-order valence-electron chi connectivity index (χ0n) is 14.4. The first-order valence-corrected chi connectivity index (χ1v) is 12.5. The van der Waals surface area contributed by atoms with Crippen LogP contribution in [0.4, 0.5) is 0 Å². The molecule has 0 fully saturated rings. The third-order valence-electron chi connectivity index (χ3n) is 0.556. The fourth-order valence-corrected chi connectivity index (χ4v) is 0.321. The fourth-order valence-electron chi connectivity index (χ4n) is 0.321. The van der Waals surface area contributed by atoms with E-state index in [1.165, 1.54) is 0 Å². The van der Waals surface area contributed by atoms with E-state index in [4.69, 9.17) is 0 Å². The summed E-state index contributed by atoms with van der Waals surface area (Å²) in [4.78, 5) is 0. The molecule has 0 saturated carbocycles. The van der Waals surface area contributed by atoms with Crippen molar-refractivity contribution in [3.05, 3.63) is 37.3 Å². The minimum Gasteiger partial charge on any atom is -0.338 e. The maximum Gasteiger partial charge on any atom is 6.00 e. The number of rotatable bonds is 0. The topological polar surface area (TPSA) is 0 Å². The molecule has 3 heteroatoms. The van der Waals surface area contributed by atoms with Crippen molar-refractivity contribution in [3.8, 4) is 0 Å². The predicted octanol–water partition coefficient (Wildman–Crippen LogP) is 5.45. The second-order valence-electron chi connectivity index (χ2n) is 6.52. The Morgan fingerprint density at radius 3 is 1.00 bits per heavy atom. The van der Waals surface area contributed by atoms with Gasteiger partial charge in [-0.1, -0.05) is 20.8 Å². The first kappa shape index (κ1) is 28.1. The van der Waals surface area contributed by atoms with E-state index in [1.54, 1.807) is 0 Å². The molecule has 0 aliphatic rings. The summed E-state index contributed by atoms with van der Waals surface area (Å²) in [6.45, 7) is 23.6. The molecule has 112 valence electrons. The summed E-state index contributed by atoms with van der Waals surface area (Å²) in [5.41, 5.74) is 0.250. The molecule has 0 bridgehead atoms. The standard InChI is InChI=1S/C5H5.C5H11.2C3H9P.Os/c1-2-4-5-3-1;1-5(2,3)4;2*1-4(2)3;/h1-5H;1H2,2-4H3;2*1-3H3;/q2*-1;;;+6/p+2. The quantitative estimate of drug-likeness (QED) is 0.342. The van der Waals surface area contributed by atoms with Crippen molar-refractivity contribution in [1.82, 2.24) is 0 Å². The van der Waals surface area contributed by atoms with Crippen LogP contribution in [0, 0.1) is 12.3 Å². The van der Waals surface area contributed by atoms with E-state index in [2.05, 4.69) is 67.7 Å². The maximum absolute atomic E-state index is 3.77. The van der Waals surface area contributed by atoms with Crippen molar-refractivity contribution >= 4 is 15.8 Å². The van der Waals surface area contributed by atoms with Gasteiger partial charge in [-0.15, -0.1) is 0 Å². The molecular formula is C16H36OsP2+6. The second-order valence-corrected chi connectivity index (χ2v) is 12.5. The van der Waals surface area contributed by atoms with Crippen LogP contribution in [0.5, 0.6) is 0 Å². The first-order chi connectivity index (χ1) is 7.96. The van der Waals surface area contributed by atoms with Gasteiger partial charge in [0.25, 0.3) is 0 Å². The van der Waals surface area contributed by atoms with Gasteiger partial charge in [-0.05, 0) is 15.8 Å². The van der Waals surface area contributed by atoms with Crippen molar-refractivity contribution in [2.24, 2.45) is 5.41 Å². The Bertz CT molecular complexity index is 176. The summed E-state index contributed by atoms with van der Waals surface area (Å²) >= 11 is 0. The van der Waals surface area contributed by atoms with Crippen molar-refractivity contribution < 1.29 is 19.8 Å². The summed E-state index contributed by atoms with van der Waals surface area (Å²) in [6.07, 6.45) is 0. The van der Waals surface area contributed by atoms with Crippen LogP contribution in [0.1, 0.15) is 20.8 Å². The average molecular weight is 481 g/mol. The first-order valence-electron chi connectivity index (χ1n) is 6.52. The van der Waals surface area contributed by atoms with E-state index in [0.29, 0.717) is 0 Å². The van der Waals surface area contributed by atoms with Crippen LogP contribution in [-0.2, 0) is 19.8 Å². The van der Waals surface area contributed by atoms with E-state index >= 15 is 0 Å². The van der Waals surface area contributed by atoms with Crippen LogP contribution in [0.15, 0.2) is 30.3 Å². The summed E-state index contributed by atoms with van der Waals surface area (Å²) in [6, 6.07) is 10.0. The fraction of sp³-hybridized carbons (Fsp3) is 0.625. The summed E-state index contributed by atoms with van der Waals surface area (Å²) in [5, 5.41) is 0. The Hall–Kier alpha value is 0.846. The molecule has 1 aromatic rings. The van der Waals surface area contributed by atoms with Crippen LogP contribution < -0.4 is 0 Å². The monoisotopic (exact) mass is 482 g/mol. The molecule has 0 unspecified atom stereocenters. The van der Waals surface area contributed by atoms with Crippen LogP contribution in [0.25, 0.3) is 0 Å². The van der Waals surface area contributed by atoms with Crippen molar-refractivity contribution in [2.45, 2.75) is 20.8 Å². The third-order valence-corrected chi connectivity index (χ3v) is 0.556. The van der Waals surface area contributed by atoms with Crippen molar-refractivity contribution in [2.75, 3.05) is 40.0 Å². The Labute approximate surface area is 139 Å². The molecule has 0 aromatic heterocycles. The molecule has 0 amide bonds. The Balaban J connectivity index is -0.0000000782. The van der Waals surface area contributed by atoms with E-state index in [9.17, 15) is 0 Å². The van der Waals surface area contributed by atoms with Crippen LogP contribution >= 0.6 is 15.8 Å². The molecule has 0 N–H and O–H groups in total. The SMILES string of the molecule is C[PH+](C)C.C[PH+](C)C.[CH2-]C(C)(C)C.[Os+6].c1cc[cH-]c1. The summed E-state index contributed by atoms with van der Waals surface area (Å²) in [7, 11) is 0.241. The molecule has 0 atom stereocenters. The molecule has 0 heterocycles. The zero-order chi connectivity index (χ0) is 15.2. The van der Waals surface area contributed by atoms with Gasteiger partial charge >= 0.3 is 19.8 Å². The van der Waals surface area contributed by atoms with E-state index in [1.807, 2.05) is 30.3 Å². The second kappa shape index (κ2) is 18.8. The van der Waals surface area contributed by atoms with Crippen molar-refractivity contribution in [1.29, 1.82) is 0 Å². The average Bonchev–Trinajstić information content (AvgIpc) is 2.51. The largest absolute Gasteiger partial charge is 6.00 e. The van der Waals surface area contributed by atoms with Gasteiger partial charge in [-0.2, -0.15) is 23.6 Å². The predicted molar refractivity (Wildman–Crippen MR) is 99.0 cm³/mol. The third kappa shape index (κ3) is 156. The molecule has 0 radical (unpaired) electrons. The van der Waals surface area contributed by atoms with Gasteiger partial charge in [0.05, 0.1) is 0 Å². The normalized spacial score (nSPS) is 9.05. The molecular weight excluding hydrogens is 444 g/mol. The van der Waals surface area contributed by atoms with Crippen LogP contribution in [0.2, 0.25) is 0 Å². The Morgan fingerprint density at radius 2 is 0.947 bits per heavy atom. The molecule has 1 aromatic carbocycles. The van der Waals surface area contributed by atoms with Crippen molar-refractivity contribution in [3.63, 3.8) is 0 Å².